The molecule has 6 nitrogen and oxygen atoms in total. The van der Waals surface area contributed by atoms with Crippen LogP contribution >= 0.6 is 12.4 Å². The Balaban J connectivity index is 0.00000289. The molecule has 2 amide bonds. The maximum Gasteiger partial charge on any atom is 0.269 e. The summed E-state index contributed by atoms with van der Waals surface area (Å²) in [6, 6.07) is 3.13. The van der Waals surface area contributed by atoms with Crippen LogP contribution in [-0.2, 0) is 0 Å². The third kappa shape index (κ3) is 4.68. The molecule has 0 saturated heterocycles. The highest BCUT2D eigenvalue weighted by atomic mass is 35.5. The van der Waals surface area contributed by atoms with Crippen LogP contribution in [-0.4, -0.2) is 36.4 Å². The number of carbonyl (C=O) groups is 2. The highest BCUT2D eigenvalue weighted by Gasteiger charge is 2.09. The molecule has 0 aromatic carbocycles. The number of nitrogens with zero attached hydrogens (tertiary/aromatic N) is 1. The molecule has 0 bridgehead atoms. The van der Waals surface area contributed by atoms with E-state index in [0.717, 1.165) is 0 Å². The Morgan fingerprint density at radius 2 is 2.11 bits per heavy atom. The van der Waals surface area contributed by atoms with E-state index in [0.29, 0.717) is 6.54 Å². The van der Waals surface area contributed by atoms with E-state index in [2.05, 4.69) is 15.6 Å². The molecule has 1 atom stereocenters. The van der Waals surface area contributed by atoms with Crippen molar-refractivity contribution in [2.75, 3.05) is 13.6 Å². The van der Waals surface area contributed by atoms with Crippen LogP contribution in [0, 0.1) is 0 Å². The fourth-order valence-corrected chi connectivity index (χ4v) is 1.11. The van der Waals surface area contributed by atoms with E-state index in [9.17, 15) is 9.59 Å². The number of nitrogens with one attached hydrogen (secondary N) is 2. The lowest BCUT2D eigenvalue weighted by molar-refractivity contribution is 0.0942. The Labute approximate surface area is 112 Å². The second-order valence-electron chi connectivity index (χ2n) is 3.70. The Hall–Kier alpha value is -1.66. The standard InChI is InChI=1S/C11H16N4O2.ClH/c1-7(13-2)5-15-11(17)9-4-3-8(6-14-9)10(12)16;/h3-4,6-7,13H,5H2,1-2H3,(H2,12,16)(H,15,17);1H. The molecule has 1 rings (SSSR count). The number of halogens is 1. The minimum absolute atomic E-state index is 0. The fourth-order valence-electron chi connectivity index (χ4n) is 1.11. The van der Waals surface area contributed by atoms with Crippen molar-refractivity contribution in [1.82, 2.24) is 15.6 Å². The first kappa shape index (κ1) is 16.3. The second-order valence-corrected chi connectivity index (χ2v) is 3.70. The van der Waals surface area contributed by atoms with Crippen molar-refractivity contribution in [3.05, 3.63) is 29.6 Å². The highest BCUT2D eigenvalue weighted by molar-refractivity contribution is 5.95. The number of pyridine rings is 1. The number of hydrogen-bond donors (Lipinski definition) is 3. The normalized spacial score (nSPS) is 11.2. The van der Waals surface area contributed by atoms with Crippen LogP contribution in [0.5, 0.6) is 0 Å². The summed E-state index contributed by atoms with van der Waals surface area (Å²) in [6.07, 6.45) is 1.29. The number of hydrogen-bond acceptors (Lipinski definition) is 4. The summed E-state index contributed by atoms with van der Waals surface area (Å²) in [6.45, 7) is 2.46. The van der Waals surface area contributed by atoms with Crippen LogP contribution in [0.2, 0.25) is 0 Å². The maximum absolute atomic E-state index is 11.6. The minimum Gasteiger partial charge on any atom is -0.366 e. The van der Waals surface area contributed by atoms with Crippen LogP contribution in [0.1, 0.15) is 27.8 Å². The quantitative estimate of drug-likeness (QED) is 0.699. The van der Waals surface area contributed by atoms with Crippen molar-refractivity contribution < 1.29 is 9.59 Å². The molecule has 4 N–H and O–H groups in total. The molecule has 1 heterocycles. The van der Waals surface area contributed by atoms with Crippen molar-refractivity contribution in [3.63, 3.8) is 0 Å². The molecule has 0 radical (unpaired) electrons. The number of carbonyl (C=O) groups excluding carboxylic acids is 2. The zero-order chi connectivity index (χ0) is 12.8. The number of amides is 2. The number of likely N-dealkylation sites (N-methyl/N-ethyl adjacent to an activating group) is 1. The van der Waals surface area contributed by atoms with Gasteiger partial charge in [0.15, 0.2) is 0 Å². The molecule has 18 heavy (non-hydrogen) atoms. The molecule has 1 unspecified atom stereocenters. The van der Waals surface area contributed by atoms with E-state index in [1.54, 1.807) is 0 Å². The lowest BCUT2D eigenvalue weighted by Gasteiger charge is -2.10. The van der Waals surface area contributed by atoms with E-state index < -0.39 is 5.91 Å². The molecule has 0 spiro atoms. The Morgan fingerprint density at radius 3 is 2.56 bits per heavy atom. The summed E-state index contributed by atoms with van der Waals surface area (Å²) in [4.78, 5) is 26.3. The van der Waals surface area contributed by atoms with E-state index in [-0.39, 0.29) is 35.6 Å². The van der Waals surface area contributed by atoms with Crippen LogP contribution in [0.25, 0.3) is 0 Å². The lowest BCUT2D eigenvalue weighted by atomic mass is 10.2. The molecule has 0 aliphatic heterocycles. The van der Waals surface area contributed by atoms with Gasteiger partial charge in [0.1, 0.15) is 5.69 Å². The largest absolute Gasteiger partial charge is 0.366 e. The first-order valence-electron chi connectivity index (χ1n) is 5.26. The maximum atomic E-state index is 11.6. The highest BCUT2D eigenvalue weighted by Crippen LogP contribution is 1.99. The monoisotopic (exact) mass is 272 g/mol. The summed E-state index contributed by atoms with van der Waals surface area (Å²) in [5.41, 5.74) is 5.61. The van der Waals surface area contributed by atoms with Gasteiger partial charge in [-0.05, 0) is 26.1 Å². The van der Waals surface area contributed by atoms with Crippen molar-refractivity contribution >= 4 is 24.2 Å². The number of aromatic nitrogens is 1. The Bertz CT molecular complexity index is 408. The zero-order valence-electron chi connectivity index (χ0n) is 10.3. The molecule has 100 valence electrons. The molecule has 0 aliphatic carbocycles. The third-order valence-corrected chi connectivity index (χ3v) is 2.34. The fraction of sp³-hybridized carbons (Fsp3) is 0.364. The first-order valence-corrected chi connectivity index (χ1v) is 5.26. The van der Waals surface area contributed by atoms with Gasteiger partial charge in [-0.15, -0.1) is 12.4 Å². The van der Waals surface area contributed by atoms with Crippen LogP contribution < -0.4 is 16.4 Å². The molecule has 0 fully saturated rings. The van der Waals surface area contributed by atoms with Crippen LogP contribution in [0.4, 0.5) is 0 Å². The summed E-state index contributed by atoms with van der Waals surface area (Å²) in [7, 11) is 1.82. The van der Waals surface area contributed by atoms with E-state index in [4.69, 9.17) is 5.73 Å². The SMILES string of the molecule is CNC(C)CNC(=O)c1ccc(C(N)=O)cn1.Cl. The molecule has 7 heteroatoms. The summed E-state index contributed by atoms with van der Waals surface area (Å²) >= 11 is 0. The number of nitrogens with two attached hydrogens (primary N) is 1. The van der Waals surface area contributed by atoms with Gasteiger partial charge >= 0.3 is 0 Å². The number of rotatable bonds is 5. The van der Waals surface area contributed by atoms with E-state index >= 15 is 0 Å². The van der Waals surface area contributed by atoms with Crippen molar-refractivity contribution in [2.45, 2.75) is 13.0 Å². The molecular formula is C11H17ClN4O2. The average Bonchev–Trinajstić information content (AvgIpc) is 2.35. The summed E-state index contributed by atoms with van der Waals surface area (Å²) < 4.78 is 0. The molecule has 0 aliphatic rings. The van der Waals surface area contributed by atoms with E-state index in [1.165, 1.54) is 18.3 Å². The van der Waals surface area contributed by atoms with Gasteiger partial charge in [-0.1, -0.05) is 0 Å². The molecular weight excluding hydrogens is 256 g/mol. The van der Waals surface area contributed by atoms with Crippen LogP contribution in [0.3, 0.4) is 0 Å². The Morgan fingerprint density at radius 1 is 1.44 bits per heavy atom. The topological polar surface area (TPSA) is 97.1 Å². The third-order valence-electron chi connectivity index (χ3n) is 2.34. The van der Waals surface area contributed by atoms with Crippen molar-refractivity contribution in [2.24, 2.45) is 5.73 Å². The van der Waals surface area contributed by atoms with Gasteiger partial charge in [0.2, 0.25) is 5.91 Å². The molecule has 0 saturated carbocycles. The van der Waals surface area contributed by atoms with Crippen molar-refractivity contribution in [3.8, 4) is 0 Å². The summed E-state index contributed by atoms with van der Waals surface area (Å²) in [5.74, 6) is -0.837. The van der Waals surface area contributed by atoms with Gasteiger partial charge in [0.05, 0.1) is 5.56 Å². The van der Waals surface area contributed by atoms with Gasteiger partial charge < -0.3 is 16.4 Å². The second kappa shape index (κ2) is 7.62. The van der Waals surface area contributed by atoms with Crippen LogP contribution in [0.15, 0.2) is 18.3 Å². The van der Waals surface area contributed by atoms with Crippen molar-refractivity contribution in [1.29, 1.82) is 0 Å². The molecule has 1 aromatic heterocycles. The van der Waals surface area contributed by atoms with Gasteiger partial charge in [-0.2, -0.15) is 0 Å². The van der Waals surface area contributed by atoms with Gasteiger partial charge in [-0.3, -0.25) is 14.6 Å². The average molecular weight is 273 g/mol. The van der Waals surface area contributed by atoms with Gasteiger partial charge in [-0.25, -0.2) is 0 Å². The van der Waals surface area contributed by atoms with Gasteiger partial charge in [0, 0.05) is 18.8 Å². The lowest BCUT2D eigenvalue weighted by Crippen LogP contribution is -2.37. The Kier molecular flexibility index (Phi) is 6.92. The molecule has 1 aromatic rings. The first-order chi connectivity index (χ1) is 8.04. The zero-order valence-corrected chi connectivity index (χ0v) is 11.1. The summed E-state index contributed by atoms with van der Waals surface area (Å²) in [5, 5.41) is 5.72. The van der Waals surface area contributed by atoms with Gasteiger partial charge in [0.25, 0.3) is 5.91 Å². The smallest absolute Gasteiger partial charge is 0.269 e. The predicted octanol–water partition coefficient (Wildman–Crippen LogP) is -0.0600. The predicted molar refractivity (Wildman–Crippen MR) is 70.9 cm³/mol. The minimum atomic E-state index is -0.562. The van der Waals surface area contributed by atoms with E-state index in [1.807, 2.05) is 14.0 Å². The number of primary amides is 1.